The van der Waals surface area contributed by atoms with E-state index in [0.717, 1.165) is 16.7 Å². The first-order valence-corrected chi connectivity index (χ1v) is 7.65. The molecule has 3 atom stereocenters. The monoisotopic (exact) mass is 311 g/mol. The highest BCUT2D eigenvalue weighted by Crippen LogP contribution is 2.49. The van der Waals surface area contributed by atoms with Gasteiger partial charge in [0, 0.05) is 17.7 Å². The van der Waals surface area contributed by atoms with Crippen molar-refractivity contribution in [2.75, 3.05) is 13.2 Å². The van der Waals surface area contributed by atoms with Crippen LogP contribution in [-0.4, -0.2) is 34.2 Å². The molecule has 0 radical (unpaired) electrons. The van der Waals surface area contributed by atoms with Crippen LogP contribution in [0, 0.1) is 0 Å². The van der Waals surface area contributed by atoms with E-state index in [4.69, 9.17) is 4.74 Å². The zero-order valence-electron chi connectivity index (χ0n) is 12.4. The minimum atomic E-state index is -0.991. The summed E-state index contributed by atoms with van der Waals surface area (Å²) in [6.07, 6.45) is -1.43. The minimum absolute atomic E-state index is 0.109. The van der Waals surface area contributed by atoms with Gasteiger partial charge in [-0.2, -0.15) is 0 Å². The highest BCUT2D eigenvalue weighted by atomic mass is 16.6. The van der Waals surface area contributed by atoms with Gasteiger partial charge in [-0.05, 0) is 17.2 Å². The van der Waals surface area contributed by atoms with Gasteiger partial charge in [0.05, 0.1) is 12.6 Å². The van der Waals surface area contributed by atoms with E-state index in [2.05, 4.69) is 0 Å². The SMILES string of the molecule is O=C1c2ccccc2C(C2OC(O)c3ccccc32)N1CCO. The zero-order valence-corrected chi connectivity index (χ0v) is 12.4. The molecule has 0 spiro atoms. The van der Waals surface area contributed by atoms with Gasteiger partial charge in [-0.15, -0.1) is 0 Å². The van der Waals surface area contributed by atoms with E-state index in [9.17, 15) is 15.0 Å². The molecule has 2 aliphatic rings. The molecule has 0 bridgehead atoms. The number of fused-ring (bicyclic) bond motifs is 2. The van der Waals surface area contributed by atoms with E-state index in [1.54, 1.807) is 11.0 Å². The van der Waals surface area contributed by atoms with Gasteiger partial charge in [0.2, 0.25) is 0 Å². The number of benzene rings is 2. The van der Waals surface area contributed by atoms with Crippen molar-refractivity contribution in [3.63, 3.8) is 0 Å². The number of β-amino-alcohol motifs (C(OH)–C–C–N with tert-alkyl or cyclic N) is 1. The van der Waals surface area contributed by atoms with Crippen molar-refractivity contribution in [2.45, 2.75) is 18.4 Å². The van der Waals surface area contributed by atoms with Gasteiger partial charge in [0.15, 0.2) is 6.29 Å². The Morgan fingerprint density at radius 2 is 1.65 bits per heavy atom. The summed E-state index contributed by atoms with van der Waals surface area (Å²) in [6, 6.07) is 14.6. The molecule has 0 aliphatic carbocycles. The summed E-state index contributed by atoms with van der Waals surface area (Å²) in [7, 11) is 0. The van der Waals surface area contributed by atoms with Crippen LogP contribution in [0.25, 0.3) is 0 Å². The van der Waals surface area contributed by atoms with Gasteiger partial charge in [0.1, 0.15) is 6.10 Å². The Kier molecular flexibility index (Phi) is 3.41. The predicted molar refractivity (Wildman–Crippen MR) is 82.5 cm³/mol. The smallest absolute Gasteiger partial charge is 0.254 e. The van der Waals surface area contributed by atoms with E-state index in [1.165, 1.54) is 0 Å². The van der Waals surface area contributed by atoms with Crippen LogP contribution >= 0.6 is 0 Å². The van der Waals surface area contributed by atoms with Gasteiger partial charge in [0.25, 0.3) is 5.91 Å². The topological polar surface area (TPSA) is 70.0 Å². The summed E-state index contributed by atoms with van der Waals surface area (Å²) in [5.41, 5.74) is 3.13. The average molecular weight is 311 g/mol. The molecule has 0 saturated heterocycles. The lowest BCUT2D eigenvalue weighted by Crippen LogP contribution is -2.34. The van der Waals surface area contributed by atoms with Crippen LogP contribution in [0.4, 0.5) is 0 Å². The van der Waals surface area contributed by atoms with E-state index >= 15 is 0 Å². The molecule has 23 heavy (non-hydrogen) atoms. The predicted octanol–water partition coefficient (Wildman–Crippen LogP) is 1.94. The molecule has 0 fully saturated rings. The maximum Gasteiger partial charge on any atom is 0.254 e. The van der Waals surface area contributed by atoms with E-state index in [-0.39, 0.29) is 25.1 Å². The minimum Gasteiger partial charge on any atom is -0.395 e. The molecule has 2 aromatic carbocycles. The lowest BCUT2D eigenvalue weighted by Gasteiger charge is -2.29. The number of rotatable bonds is 3. The molecule has 2 aliphatic heterocycles. The lowest BCUT2D eigenvalue weighted by atomic mass is 9.94. The van der Waals surface area contributed by atoms with Crippen molar-refractivity contribution in [1.29, 1.82) is 0 Å². The molecule has 5 nitrogen and oxygen atoms in total. The van der Waals surface area contributed by atoms with Crippen LogP contribution in [0.15, 0.2) is 48.5 Å². The fourth-order valence-electron chi connectivity index (χ4n) is 3.60. The van der Waals surface area contributed by atoms with Crippen LogP contribution in [0.1, 0.15) is 45.5 Å². The van der Waals surface area contributed by atoms with Gasteiger partial charge >= 0.3 is 0 Å². The first-order chi connectivity index (χ1) is 11.2. The fourth-order valence-corrected chi connectivity index (χ4v) is 3.60. The number of amides is 1. The van der Waals surface area contributed by atoms with Gasteiger partial charge in [-0.3, -0.25) is 4.79 Å². The van der Waals surface area contributed by atoms with Gasteiger partial charge < -0.3 is 19.8 Å². The Morgan fingerprint density at radius 1 is 1.00 bits per heavy atom. The summed E-state index contributed by atoms with van der Waals surface area (Å²) < 4.78 is 5.78. The Morgan fingerprint density at radius 3 is 2.39 bits per heavy atom. The number of ether oxygens (including phenoxy) is 1. The maximum atomic E-state index is 12.6. The standard InChI is InChI=1S/C18H17NO4/c20-10-9-19-15(11-5-1-3-7-13(11)17(19)21)16-12-6-2-4-8-14(12)18(22)23-16/h1-8,15-16,18,20,22H,9-10H2. The number of aliphatic hydroxyl groups excluding tert-OH is 2. The third-order valence-electron chi connectivity index (χ3n) is 4.58. The number of carbonyl (C=O) groups is 1. The Hall–Kier alpha value is -2.21. The van der Waals surface area contributed by atoms with Crippen molar-refractivity contribution in [3.05, 3.63) is 70.8 Å². The molecule has 3 unspecified atom stereocenters. The van der Waals surface area contributed by atoms with E-state index in [1.807, 2.05) is 42.5 Å². The van der Waals surface area contributed by atoms with Crippen LogP contribution in [0.2, 0.25) is 0 Å². The molecule has 1 amide bonds. The number of aliphatic hydroxyl groups is 2. The summed E-state index contributed by atoms with van der Waals surface area (Å²) in [6.45, 7) is 0.115. The van der Waals surface area contributed by atoms with E-state index in [0.29, 0.717) is 5.56 Å². The first kappa shape index (κ1) is 14.4. The molecule has 118 valence electrons. The summed E-state index contributed by atoms with van der Waals surface area (Å²) >= 11 is 0. The fraction of sp³-hybridized carbons (Fsp3) is 0.278. The number of hydrogen-bond acceptors (Lipinski definition) is 4. The van der Waals surface area contributed by atoms with Gasteiger partial charge in [-0.1, -0.05) is 42.5 Å². The Balaban J connectivity index is 1.82. The third-order valence-corrected chi connectivity index (χ3v) is 4.58. The highest BCUT2D eigenvalue weighted by Gasteiger charge is 2.45. The van der Waals surface area contributed by atoms with Crippen LogP contribution in [0.3, 0.4) is 0 Å². The highest BCUT2D eigenvalue weighted by molar-refractivity contribution is 5.99. The van der Waals surface area contributed by atoms with Crippen molar-refractivity contribution in [1.82, 2.24) is 4.90 Å². The molecule has 2 heterocycles. The van der Waals surface area contributed by atoms with Crippen LogP contribution in [0.5, 0.6) is 0 Å². The number of carbonyl (C=O) groups excluding carboxylic acids is 1. The quantitative estimate of drug-likeness (QED) is 0.909. The van der Waals surface area contributed by atoms with Crippen molar-refractivity contribution < 1.29 is 19.7 Å². The van der Waals surface area contributed by atoms with Crippen LogP contribution in [-0.2, 0) is 4.74 Å². The maximum absolute atomic E-state index is 12.6. The summed E-state index contributed by atoms with van der Waals surface area (Å²) in [5.74, 6) is -0.109. The first-order valence-electron chi connectivity index (χ1n) is 7.65. The largest absolute Gasteiger partial charge is 0.395 e. The Bertz CT molecular complexity index is 760. The van der Waals surface area contributed by atoms with Crippen molar-refractivity contribution >= 4 is 5.91 Å². The van der Waals surface area contributed by atoms with Gasteiger partial charge in [-0.25, -0.2) is 0 Å². The zero-order chi connectivity index (χ0) is 16.0. The normalized spacial score (nSPS) is 25.6. The number of nitrogens with zero attached hydrogens (tertiary/aromatic N) is 1. The van der Waals surface area contributed by atoms with Crippen molar-refractivity contribution in [2.24, 2.45) is 0 Å². The Labute approximate surface area is 133 Å². The molecule has 0 saturated carbocycles. The molecule has 0 aromatic heterocycles. The summed E-state index contributed by atoms with van der Waals surface area (Å²) in [4.78, 5) is 14.3. The molecule has 2 aromatic rings. The molecular formula is C18H17NO4. The van der Waals surface area contributed by atoms with E-state index < -0.39 is 12.4 Å². The molecular weight excluding hydrogens is 294 g/mol. The van der Waals surface area contributed by atoms with Crippen LogP contribution < -0.4 is 0 Å². The van der Waals surface area contributed by atoms with Crippen molar-refractivity contribution in [3.8, 4) is 0 Å². The molecule has 5 heteroatoms. The number of hydrogen-bond donors (Lipinski definition) is 2. The second kappa shape index (κ2) is 5.45. The lowest BCUT2D eigenvalue weighted by molar-refractivity contribution is -0.138. The third kappa shape index (κ3) is 2.09. The molecule has 4 rings (SSSR count). The average Bonchev–Trinajstić information content (AvgIpc) is 3.05. The second-order valence-electron chi connectivity index (χ2n) is 5.79. The molecule has 2 N–H and O–H groups in total. The second-order valence-corrected chi connectivity index (χ2v) is 5.79. The summed E-state index contributed by atoms with van der Waals surface area (Å²) in [5, 5.41) is 19.5.